The molecule has 2 nitrogen and oxygen atoms in total. The van der Waals surface area contributed by atoms with Crippen LogP contribution in [0.3, 0.4) is 0 Å². The highest BCUT2D eigenvalue weighted by molar-refractivity contribution is 5.32. The van der Waals surface area contributed by atoms with Crippen LogP contribution in [0.1, 0.15) is 22.6 Å². The topological polar surface area (TPSA) is 35.2 Å². The molecule has 0 saturated heterocycles. The second-order valence-corrected chi connectivity index (χ2v) is 4.90. The molecule has 0 bridgehead atoms. The van der Waals surface area contributed by atoms with E-state index in [1.54, 1.807) is 7.11 Å². The zero-order valence-corrected chi connectivity index (χ0v) is 11.6. The maximum Gasteiger partial charge on any atom is 0.119 e. The van der Waals surface area contributed by atoms with Crippen LogP contribution in [0.4, 0.5) is 0 Å². The summed E-state index contributed by atoms with van der Waals surface area (Å²) in [5, 5.41) is 0. The predicted molar refractivity (Wildman–Crippen MR) is 79.7 cm³/mol. The van der Waals surface area contributed by atoms with Gasteiger partial charge in [0.05, 0.1) is 7.11 Å². The van der Waals surface area contributed by atoms with Crippen molar-refractivity contribution in [2.75, 3.05) is 13.7 Å². The predicted octanol–water partition coefficient (Wildman–Crippen LogP) is 3.29. The summed E-state index contributed by atoms with van der Waals surface area (Å²) in [5.41, 5.74) is 9.79. The van der Waals surface area contributed by atoms with E-state index < -0.39 is 0 Å². The molecule has 0 heterocycles. The Kier molecular flexibility index (Phi) is 4.58. The zero-order chi connectivity index (χ0) is 13.7. The molecule has 0 saturated carbocycles. The number of hydrogen-bond donors (Lipinski definition) is 1. The Morgan fingerprint density at radius 1 is 1.11 bits per heavy atom. The van der Waals surface area contributed by atoms with Gasteiger partial charge < -0.3 is 10.5 Å². The molecule has 0 radical (unpaired) electrons. The van der Waals surface area contributed by atoms with Crippen molar-refractivity contribution in [3.8, 4) is 5.75 Å². The van der Waals surface area contributed by atoms with Crippen LogP contribution in [-0.2, 0) is 6.42 Å². The van der Waals surface area contributed by atoms with Crippen molar-refractivity contribution in [2.45, 2.75) is 19.3 Å². The van der Waals surface area contributed by atoms with E-state index in [0.717, 1.165) is 12.2 Å². The highest BCUT2D eigenvalue weighted by Crippen LogP contribution is 2.23. The molecule has 1 unspecified atom stereocenters. The van der Waals surface area contributed by atoms with Crippen LogP contribution in [0.2, 0.25) is 0 Å². The number of aryl methyl sites for hydroxylation is 1. The summed E-state index contributed by atoms with van der Waals surface area (Å²) in [7, 11) is 1.69. The van der Waals surface area contributed by atoms with E-state index in [9.17, 15) is 0 Å². The van der Waals surface area contributed by atoms with Crippen LogP contribution in [0.5, 0.6) is 5.75 Å². The van der Waals surface area contributed by atoms with Crippen molar-refractivity contribution in [3.63, 3.8) is 0 Å². The van der Waals surface area contributed by atoms with Gasteiger partial charge in [-0.25, -0.2) is 0 Å². The average Bonchev–Trinajstić information content (AvgIpc) is 2.45. The zero-order valence-electron chi connectivity index (χ0n) is 11.6. The van der Waals surface area contributed by atoms with Gasteiger partial charge in [-0.15, -0.1) is 0 Å². The number of rotatable bonds is 5. The number of benzene rings is 2. The SMILES string of the molecule is COc1cccc(CC(CN)c2cccc(C)c2)c1. The van der Waals surface area contributed by atoms with Gasteiger partial charge in [-0.2, -0.15) is 0 Å². The molecule has 1 atom stereocenters. The molecule has 2 aromatic carbocycles. The lowest BCUT2D eigenvalue weighted by Crippen LogP contribution is -2.15. The largest absolute Gasteiger partial charge is 0.497 e. The number of nitrogens with two attached hydrogens (primary N) is 1. The lowest BCUT2D eigenvalue weighted by atomic mass is 9.91. The number of methoxy groups -OCH3 is 1. The Morgan fingerprint density at radius 2 is 1.89 bits per heavy atom. The standard InChI is InChI=1S/C17H21NO/c1-13-5-3-7-15(9-13)16(12-18)10-14-6-4-8-17(11-14)19-2/h3-9,11,16H,10,12,18H2,1-2H3. The lowest BCUT2D eigenvalue weighted by Gasteiger charge is -2.16. The summed E-state index contributed by atoms with van der Waals surface area (Å²) in [6, 6.07) is 16.8. The third kappa shape index (κ3) is 3.58. The molecular weight excluding hydrogens is 234 g/mol. The fourth-order valence-corrected chi connectivity index (χ4v) is 2.35. The maximum absolute atomic E-state index is 5.94. The Bertz CT molecular complexity index is 536. The minimum atomic E-state index is 0.354. The molecule has 2 aromatic rings. The van der Waals surface area contributed by atoms with E-state index in [-0.39, 0.29) is 0 Å². The summed E-state index contributed by atoms with van der Waals surface area (Å²) in [6.07, 6.45) is 0.942. The van der Waals surface area contributed by atoms with Gasteiger partial charge in [0.2, 0.25) is 0 Å². The Morgan fingerprint density at radius 3 is 2.58 bits per heavy atom. The van der Waals surface area contributed by atoms with E-state index in [1.165, 1.54) is 16.7 Å². The molecule has 0 aromatic heterocycles. The molecule has 0 amide bonds. The van der Waals surface area contributed by atoms with Gasteiger partial charge in [0.15, 0.2) is 0 Å². The Hall–Kier alpha value is -1.80. The van der Waals surface area contributed by atoms with Crippen LogP contribution >= 0.6 is 0 Å². The van der Waals surface area contributed by atoms with Gasteiger partial charge >= 0.3 is 0 Å². The smallest absolute Gasteiger partial charge is 0.119 e. The first kappa shape index (κ1) is 13.6. The van der Waals surface area contributed by atoms with E-state index in [2.05, 4.69) is 43.3 Å². The Balaban J connectivity index is 2.18. The van der Waals surface area contributed by atoms with E-state index in [1.807, 2.05) is 12.1 Å². The molecule has 0 aliphatic carbocycles. The first-order valence-electron chi connectivity index (χ1n) is 6.62. The van der Waals surface area contributed by atoms with Crippen LogP contribution in [0.25, 0.3) is 0 Å². The van der Waals surface area contributed by atoms with Crippen molar-refractivity contribution in [1.29, 1.82) is 0 Å². The minimum absolute atomic E-state index is 0.354. The molecule has 0 aliphatic heterocycles. The van der Waals surface area contributed by atoms with Gasteiger partial charge in [0.25, 0.3) is 0 Å². The van der Waals surface area contributed by atoms with Crippen molar-refractivity contribution < 1.29 is 4.74 Å². The van der Waals surface area contributed by atoms with Gasteiger partial charge in [0.1, 0.15) is 5.75 Å². The summed E-state index contributed by atoms with van der Waals surface area (Å²) in [6.45, 7) is 2.77. The summed E-state index contributed by atoms with van der Waals surface area (Å²) < 4.78 is 5.26. The monoisotopic (exact) mass is 255 g/mol. The summed E-state index contributed by atoms with van der Waals surface area (Å²) >= 11 is 0. The second kappa shape index (κ2) is 6.39. The van der Waals surface area contributed by atoms with Crippen LogP contribution in [0, 0.1) is 6.92 Å². The quantitative estimate of drug-likeness (QED) is 0.889. The average molecular weight is 255 g/mol. The van der Waals surface area contributed by atoms with Gasteiger partial charge in [-0.3, -0.25) is 0 Å². The molecule has 2 heteroatoms. The van der Waals surface area contributed by atoms with Crippen molar-refractivity contribution in [1.82, 2.24) is 0 Å². The lowest BCUT2D eigenvalue weighted by molar-refractivity contribution is 0.414. The number of hydrogen-bond acceptors (Lipinski definition) is 2. The van der Waals surface area contributed by atoms with Gasteiger partial charge in [-0.1, -0.05) is 42.0 Å². The fraction of sp³-hybridized carbons (Fsp3) is 0.294. The normalized spacial score (nSPS) is 12.2. The van der Waals surface area contributed by atoms with Crippen LogP contribution in [0.15, 0.2) is 48.5 Å². The molecule has 2 N–H and O–H groups in total. The summed E-state index contributed by atoms with van der Waals surface area (Å²) in [4.78, 5) is 0. The van der Waals surface area contributed by atoms with Crippen LogP contribution < -0.4 is 10.5 Å². The molecule has 0 aliphatic rings. The molecule has 100 valence electrons. The highest BCUT2D eigenvalue weighted by atomic mass is 16.5. The molecule has 0 fully saturated rings. The highest BCUT2D eigenvalue weighted by Gasteiger charge is 2.11. The number of ether oxygens (including phenoxy) is 1. The third-order valence-electron chi connectivity index (χ3n) is 3.41. The van der Waals surface area contributed by atoms with Crippen LogP contribution in [-0.4, -0.2) is 13.7 Å². The van der Waals surface area contributed by atoms with Crippen molar-refractivity contribution in [3.05, 3.63) is 65.2 Å². The summed E-state index contributed by atoms with van der Waals surface area (Å²) in [5.74, 6) is 1.25. The molecule has 19 heavy (non-hydrogen) atoms. The van der Waals surface area contributed by atoms with E-state index in [4.69, 9.17) is 10.5 Å². The molecular formula is C17H21NO. The minimum Gasteiger partial charge on any atom is -0.497 e. The first-order chi connectivity index (χ1) is 9.22. The maximum atomic E-state index is 5.94. The molecule has 0 spiro atoms. The van der Waals surface area contributed by atoms with Gasteiger partial charge in [-0.05, 0) is 43.1 Å². The third-order valence-corrected chi connectivity index (χ3v) is 3.41. The van der Waals surface area contributed by atoms with E-state index in [0.29, 0.717) is 12.5 Å². The van der Waals surface area contributed by atoms with Gasteiger partial charge in [0, 0.05) is 5.92 Å². The van der Waals surface area contributed by atoms with Crippen molar-refractivity contribution >= 4 is 0 Å². The second-order valence-electron chi connectivity index (χ2n) is 4.90. The molecule has 2 rings (SSSR count). The Labute approximate surface area is 115 Å². The van der Waals surface area contributed by atoms with E-state index >= 15 is 0 Å². The fourth-order valence-electron chi connectivity index (χ4n) is 2.35. The first-order valence-corrected chi connectivity index (χ1v) is 6.62. The van der Waals surface area contributed by atoms with Crippen molar-refractivity contribution in [2.24, 2.45) is 5.73 Å².